The molecule has 0 saturated carbocycles. The van der Waals surface area contributed by atoms with Crippen LogP contribution in [0.15, 0.2) is 36.4 Å². The molecule has 0 spiro atoms. The number of H-pyrrole nitrogens is 1. The second kappa shape index (κ2) is 5.89. The third-order valence-electron chi connectivity index (χ3n) is 2.65. The van der Waals surface area contributed by atoms with Crippen molar-refractivity contribution in [3.8, 4) is 11.3 Å². The standard InChI is InChI=1S/C14H16N2OS/c1-3-17-10(2)14-15-12(9-13(18)16-14)11-7-5-4-6-8-11/h4-10H,3H2,1-2H3,(H,15,16,18). The number of aromatic nitrogens is 2. The summed E-state index contributed by atoms with van der Waals surface area (Å²) in [5.74, 6) is 0.767. The molecule has 0 radical (unpaired) electrons. The summed E-state index contributed by atoms with van der Waals surface area (Å²) in [5, 5.41) is 0. The summed E-state index contributed by atoms with van der Waals surface area (Å²) < 4.78 is 6.11. The fourth-order valence-electron chi connectivity index (χ4n) is 1.77. The minimum atomic E-state index is -0.0830. The molecule has 4 heteroatoms. The molecule has 2 aromatic rings. The lowest BCUT2D eigenvalue weighted by Crippen LogP contribution is -2.06. The predicted octanol–water partition coefficient (Wildman–Crippen LogP) is 3.90. The Morgan fingerprint density at radius 3 is 2.72 bits per heavy atom. The highest BCUT2D eigenvalue weighted by Gasteiger charge is 2.09. The van der Waals surface area contributed by atoms with E-state index in [1.165, 1.54) is 0 Å². The lowest BCUT2D eigenvalue weighted by atomic mass is 10.1. The topological polar surface area (TPSA) is 37.9 Å². The zero-order chi connectivity index (χ0) is 13.0. The number of nitrogens with zero attached hydrogens (tertiary/aromatic N) is 1. The first kappa shape index (κ1) is 12.9. The molecule has 0 aliphatic carbocycles. The summed E-state index contributed by atoms with van der Waals surface area (Å²) >= 11 is 5.20. The zero-order valence-electron chi connectivity index (χ0n) is 10.5. The second-order valence-corrected chi connectivity index (χ2v) is 4.40. The molecule has 0 saturated heterocycles. The van der Waals surface area contributed by atoms with Crippen molar-refractivity contribution in [1.29, 1.82) is 0 Å². The average molecular weight is 260 g/mol. The summed E-state index contributed by atoms with van der Waals surface area (Å²) in [6.45, 7) is 4.58. The first-order valence-electron chi connectivity index (χ1n) is 5.99. The maximum absolute atomic E-state index is 5.53. The Morgan fingerprint density at radius 1 is 1.33 bits per heavy atom. The zero-order valence-corrected chi connectivity index (χ0v) is 11.3. The molecule has 0 aliphatic rings. The fourth-order valence-corrected chi connectivity index (χ4v) is 1.99. The van der Waals surface area contributed by atoms with Gasteiger partial charge < -0.3 is 9.72 Å². The van der Waals surface area contributed by atoms with E-state index in [0.717, 1.165) is 17.1 Å². The molecule has 1 N–H and O–H groups in total. The number of hydrogen-bond acceptors (Lipinski definition) is 3. The maximum atomic E-state index is 5.53. The van der Waals surface area contributed by atoms with Crippen LogP contribution in [-0.4, -0.2) is 16.6 Å². The highest BCUT2D eigenvalue weighted by Crippen LogP contribution is 2.19. The van der Waals surface area contributed by atoms with Crippen molar-refractivity contribution in [2.45, 2.75) is 20.0 Å². The second-order valence-electron chi connectivity index (χ2n) is 3.98. The average Bonchev–Trinajstić information content (AvgIpc) is 2.39. The number of benzene rings is 1. The number of nitrogens with one attached hydrogen (secondary N) is 1. The van der Waals surface area contributed by atoms with Crippen LogP contribution < -0.4 is 0 Å². The van der Waals surface area contributed by atoms with Crippen LogP contribution in [-0.2, 0) is 4.74 Å². The highest BCUT2D eigenvalue weighted by atomic mass is 32.1. The van der Waals surface area contributed by atoms with Gasteiger partial charge in [-0.15, -0.1) is 0 Å². The van der Waals surface area contributed by atoms with Crippen molar-refractivity contribution >= 4 is 12.2 Å². The minimum absolute atomic E-state index is 0.0830. The van der Waals surface area contributed by atoms with E-state index < -0.39 is 0 Å². The molecule has 0 fully saturated rings. The van der Waals surface area contributed by atoms with Gasteiger partial charge in [-0.3, -0.25) is 0 Å². The molecule has 1 atom stereocenters. The molecular weight excluding hydrogens is 244 g/mol. The van der Waals surface area contributed by atoms with E-state index in [4.69, 9.17) is 17.0 Å². The normalized spacial score (nSPS) is 12.3. The minimum Gasteiger partial charge on any atom is -0.371 e. The van der Waals surface area contributed by atoms with E-state index in [0.29, 0.717) is 11.2 Å². The van der Waals surface area contributed by atoms with E-state index in [9.17, 15) is 0 Å². The molecule has 18 heavy (non-hydrogen) atoms. The van der Waals surface area contributed by atoms with Crippen LogP contribution in [0.4, 0.5) is 0 Å². The van der Waals surface area contributed by atoms with E-state index >= 15 is 0 Å². The van der Waals surface area contributed by atoms with Crippen LogP contribution in [0.5, 0.6) is 0 Å². The van der Waals surface area contributed by atoms with Crippen molar-refractivity contribution in [3.05, 3.63) is 46.9 Å². The van der Waals surface area contributed by atoms with Gasteiger partial charge in [0.1, 0.15) is 16.6 Å². The summed E-state index contributed by atoms with van der Waals surface area (Å²) in [7, 11) is 0. The molecule has 2 rings (SSSR count). The van der Waals surface area contributed by atoms with Gasteiger partial charge in [0.25, 0.3) is 0 Å². The van der Waals surface area contributed by atoms with Crippen LogP contribution in [0.3, 0.4) is 0 Å². The SMILES string of the molecule is CCOC(C)c1nc(=S)cc(-c2ccccc2)[nH]1. The van der Waals surface area contributed by atoms with Gasteiger partial charge in [-0.1, -0.05) is 42.5 Å². The van der Waals surface area contributed by atoms with E-state index in [1.54, 1.807) is 0 Å². The van der Waals surface area contributed by atoms with Gasteiger partial charge in [0.15, 0.2) is 0 Å². The van der Waals surface area contributed by atoms with Crippen LogP contribution >= 0.6 is 12.2 Å². The van der Waals surface area contributed by atoms with E-state index in [2.05, 4.69) is 9.97 Å². The third kappa shape index (κ3) is 3.03. The number of aromatic amines is 1. The molecule has 0 aliphatic heterocycles. The molecule has 94 valence electrons. The van der Waals surface area contributed by atoms with Gasteiger partial charge in [0.2, 0.25) is 0 Å². The Labute approximate surface area is 112 Å². The van der Waals surface area contributed by atoms with Crippen molar-refractivity contribution < 1.29 is 4.74 Å². The highest BCUT2D eigenvalue weighted by molar-refractivity contribution is 7.71. The quantitative estimate of drug-likeness (QED) is 0.847. The number of rotatable bonds is 4. The molecule has 0 amide bonds. The molecule has 3 nitrogen and oxygen atoms in total. The van der Waals surface area contributed by atoms with Crippen LogP contribution in [0, 0.1) is 4.64 Å². The Morgan fingerprint density at radius 2 is 2.06 bits per heavy atom. The van der Waals surface area contributed by atoms with Gasteiger partial charge in [0, 0.05) is 12.3 Å². The largest absolute Gasteiger partial charge is 0.371 e. The Hall–Kier alpha value is -1.52. The van der Waals surface area contributed by atoms with Crippen molar-refractivity contribution in [3.63, 3.8) is 0 Å². The fraction of sp³-hybridized carbons (Fsp3) is 0.286. The Balaban J connectivity index is 2.42. The molecule has 1 unspecified atom stereocenters. The summed E-state index contributed by atoms with van der Waals surface area (Å²) in [5.41, 5.74) is 2.06. The van der Waals surface area contributed by atoms with E-state index in [1.807, 2.05) is 50.2 Å². The first-order chi connectivity index (χ1) is 8.70. The first-order valence-corrected chi connectivity index (χ1v) is 6.40. The van der Waals surface area contributed by atoms with Crippen molar-refractivity contribution in [1.82, 2.24) is 9.97 Å². The Bertz CT molecular complexity index is 566. The van der Waals surface area contributed by atoms with Crippen LogP contribution in [0.1, 0.15) is 25.8 Å². The molecule has 1 aromatic carbocycles. The monoisotopic (exact) mass is 260 g/mol. The van der Waals surface area contributed by atoms with Crippen LogP contribution in [0.2, 0.25) is 0 Å². The molecular formula is C14H16N2OS. The maximum Gasteiger partial charge on any atom is 0.137 e. The van der Waals surface area contributed by atoms with Gasteiger partial charge in [-0.2, -0.15) is 0 Å². The lowest BCUT2D eigenvalue weighted by molar-refractivity contribution is 0.0700. The van der Waals surface area contributed by atoms with E-state index in [-0.39, 0.29) is 6.10 Å². The number of ether oxygens (including phenoxy) is 1. The smallest absolute Gasteiger partial charge is 0.137 e. The molecule has 1 heterocycles. The molecule has 0 bridgehead atoms. The summed E-state index contributed by atoms with van der Waals surface area (Å²) in [4.78, 5) is 7.60. The van der Waals surface area contributed by atoms with Gasteiger partial charge in [-0.05, 0) is 25.5 Å². The van der Waals surface area contributed by atoms with Gasteiger partial charge >= 0.3 is 0 Å². The predicted molar refractivity (Wildman–Crippen MR) is 74.9 cm³/mol. The van der Waals surface area contributed by atoms with Crippen molar-refractivity contribution in [2.24, 2.45) is 0 Å². The summed E-state index contributed by atoms with van der Waals surface area (Å²) in [6.07, 6.45) is -0.0830. The summed E-state index contributed by atoms with van der Waals surface area (Å²) in [6, 6.07) is 11.9. The van der Waals surface area contributed by atoms with Gasteiger partial charge in [0.05, 0.1) is 0 Å². The number of hydrogen-bond donors (Lipinski definition) is 1. The lowest BCUT2D eigenvalue weighted by Gasteiger charge is -2.12. The van der Waals surface area contributed by atoms with Crippen LogP contribution in [0.25, 0.3) is 11.3 Å². The third-order valence-corrected chi connectivity index (χ3v) is 2.86. The van der Waals surface area contributed by atoms with Gasteiger partial charge in [-0.25, -0.2) is 4.98 Å². The Kier molecular flexibility index (Phi) is 4.23. The van der Waals surface area contributed by atoms with Crippen molar-refractivity contribution in [2.75, 3.05) is 6.61 Å². The molecule has 1 aromatic heterocycles.